The van der Waals surface area contributed by atoms with E-state index in [4.69, 9.17) is 0 Å². The van der Waals surface area contributed by atoms with Crippen LogP contribution < -0.4 is 0 Å². The summed E-state index contributed by atoms with van der Waals surface area (Å²) < 4.78 is 0. The van der Waals surface area contributed by atoms with E-state index in [-0.39, 0.29) is 0 Å². The summed E-state index contributed by atoms with van der Waals surface area (Å²) in [6, 6.07) is 30.7. The van der Waals surface area contributed by atoms with E-state index in [1.54, 1.807) is 6.33 Å². The molecule has 3 nitrogen and oxygen atoms in total. The number of nitrogens with zero attached hydrogens (tertiary/aromatic N) is 3. The van der Waals surface area contributed by atoms with Crippen LogP contribution in [0.3, 0.4) is 0 Å². The minimum atomic E-state index is 1.03. The number of hydrogen-bond acceptors (Lipinski definition) is 3. The van der Waals surface area contributed by atoms with Gasteiger partial charge in [-0.25, -0.2) is 9.97 Å². The molecule has 158 valence electrons. The summed E-state index contributed by atoms with van der Waals surface area (Å²) in [5.41, 5.74) is 7.01. The average Bonchev–Trinajstić information content (AvgIpc) is 2.92. The molecule has 0 aliphatic heterocycles. The van der Waals surface area contributed by atoms with Gasteiger partial charge in [-0.1, -0.05) is 66.7 Å². The lowest BCUT2D eigenvalue weighted by atomic mass is 9.87. The number of benzene rings is 5. The van der Waals surface area contributed by atoms with Crippen LogP contribution >= 0.6 is 0 Å². The highest BCUT2D eigenvalue weighted by Crippen LogP contribution is 2.42. The van der Waals surface area contributed by atoms with Crippen molar-refractivity contribution in [3.63, 3.8) is 0 Å². The fourth-order valence-corrected chi connectivity index (χ4v) is 5.15. The molecule has 0 radical (unpaired) electrons. The van der Waals surface area contributed by atoms with Crippen LogP contribution in [0, 0.1) is 0 Å². The lowest BCUT2D eigenvalue weighted by Gasteiger charge is -2.16. The molecule has 0 amide bonds. The highest BCUT2D eigenvalue weighted by atomic mass is 14.8. The first kappa shape index (κ1) is 18.9. The van der Waals surface area contributed by atoms with Crippen molar-refractivity contribution in [1.29, 1.82) is 0 Å². The van der Waals surface area contributed by atoms with Crippen molar-refractivity contribution in [1.82, 2.24) is 15.0 Å². The monoisotopic (exact) mass is 433 g/mol. The first-order chi connectivity index (χ1) is 16.9. The topological polar surface area (TPSA) is 38.7 Å². The fourth-order valence-electron chi connectivity index (χ4n) is 5.15. The van der Waals surface area contributed by atoms with Crippen LogP contribution in [0.5, 0.6) is 0 Å². The van der Waals surface area contributed by atoms with E-state index >= 15 is 0 Å². The maximum absolute atomic E-state index is 4.24. The van der Waals surface area contributed by atoms with Crippen LogP contribution in [-0.4, -0.2) is 15.0 Å². The third-order valence-corrected chi connectivity index (χ3v) is 6.72. The zero-order valence-electron chi connectivity index (χ0n) is 18.3. The van der Waals surface area contributed by atoms with E-state index < -0.39 is 0 Å². The van der Waals surface area contributed by atoms with E-state index in [0.29, 0.717) is 0 Å². The maximum Gasteiger partial charge on any atom is 0.115 e. The SMILES string of the molecule is c1cc(-c2ccncc2)cc(-c2ccc3ccc4c(-c5cncnc5)ccc5ccc2c3c54)c1. The molecule has 5 aromatic carbocycles. The molecule has 3 heteroatoms. The Morgan fingerprint density at radius 1 is 0.441 bits per heavy atom. The molecular weight excluding hydrogens is 414 g/mol. The minimum Gasteiger partial charge on any atom is -0.265 e. The Bertz CT molecular complexity index is 1790. The molecule has 0 saturated carbocycles. The molecular formula is C31H19N3. The molecule has 34 heavy (non-hydrogen) atoms. The van der Waals surface area contributed by atoms with Crippen molar-refractivity contribution in [3.8, 4) is 33.4 Å². The van der Waals surface area contributed by atoms with Crippen LogP contribution in [0.2, 0.25) is 0 Å². The number of aromatic nitrogens is 3. The number of pyridine rings is 1. The average molecular weight is 434 g/mol. The van der Waals surface area contributed by atoms with E-state index in [1.807, 2.05) is 24.8 Å². The van der Waals surface area contributed by atoms with Gasteiger partial charge in [-0.15, -0.1) is 0 Å². The number of rotatable bonds is 3. The molecule has 2 aromatic heterocycles. The molecule has 0 bridgehead atoms. The van der Waals surface area contributed by atoms with Crippen LogP contribution in [0.4, 0.5) is 0 Å². The normalized spacial score (nSPS) is 11.5. The summed E-state index contributed by atoms with van der Waals surface area (Å²) in [5, 5.41) is 7.60. The minimum absolute atomic E-state index is 1.03. The van der Waals surface area contributed by atoms with E-state index in [9.17, 15) is 0 Å². The van der Waals surface area contributed by atoms with Crippen LogP contribution in [-0.2, 0) is 0 Å². The molecule has 0 fully saturated rings. The third-order valence-electron chi connectivity index (χ3n) is 6.72. The number of hydrogen-bond donors (Lipinski definition) is 0. The summed E-state index contributed by atoms with van der Waals surface area (Å²) in [7, 11) is 0. The van der Waals surface area contributed by atoms with Crippen molar-refractivity contribution >= 4 is 32.3 Å². The van der Waals surface area contributed by atoms with Crippen molar-refractivity contribution in [2.45, 2.75) is 0 Å². The van der Waals surface area contributed by atoms with Crippen LogP contribution in [0.25, 0.3) is 65.7 Å². The van der Waals surface area contributed by atoms with Gasteiger partial charge in [-0.05, 0) is 78.3 Å². The van der Waals surface area contributed by atoms with Crippen LogP contribution in [0.15, 0.2) is 116 Å². The molecule has 0 aliphatic carbocycles. The predicted molar refractivity (Wildman–Crippen MR) is 140 cm³/mol. The van der Waals surface area contributed by atoms with Crippen molar-refractivity contribution in [2.75, 3.05) is 0 Å². The lowest BCUT2D eigenvalue weighted by Crippen LogP contribution is -1.90. The second-order valence-corrected chi connectivity index (χ2v) is 8.59. The molecule has 7 aromatic rings. The van der Waals surface area contributed by atoms with Crippen molar-refractivity contribution in [2.24, 2.45) is 0 Å². The Hall–Kier alpha value is -4.63. The molecule has 0 atom stereocenters. The summed E-state index contributed by atoms with van der Waals surface area (Å²) in [6.07, 6.45) is 9.03. The largest absolute Gasteiger partial charge is 0.265 e. The first-order valence-electron chi connectivity index (χ1n) is 11.3. The van der Waals surface area contributed by atoms with Gasteiger partial charge in [0.15, 0.2) is 0 Å². The standard InChI is InChI=1S/C31H19N3/c1-2-23(20-12-14-32-15-13-20)16-24(3-1)26-8-4-21-7-11-29-27(25-17-33-19-34-18-25)9-5-22-6-10-28(26)30(21)31(22)29/h1-19H. The molecule has 0 aliphatic rings. The molecule has 7 rings (SSSR count). The van der Waals surface area contributed by atoms with E-state index in [2.05, 4.69) is 99.9 Å². The Labute approximate surface area is 196 Å². The summed E-state index contributed by atoms with van der Waals surface area (Å²) in [6.45, 7) is 0. The van der Waals surface area contributed by atoms with Gasteiger partial charge in [0.05, 0.1) is 0 Å². The van der Waals surface area contributed by atoms with E-state index in [0.717, 1.165) is 11.1 Å². The van der Waals surface area contributed by atoms with Gasteiger partial charge in [0.1, 0.15) is 6.33 Å². The second kappa shape index (κ2) is 7.46. The predicted octanol–water partition coefficient (Wildman–Crippen LogP) is 7.77. The van der Waals surface area contributed by atoms with Gasteiger partial charge in [-0.2, -0.15) is 0 Å². The summed E-state index contributed by atoms with van der Waals surface area (Å²) >= 11 is 0. The Kier molecular flexibility index (Phi) is 4.15. The Morgan fingerprint density at radius 3 is 1.71 bits per heavy atom. The zero-order valence-corrected chi connectivity index (χ0v) is 18.3. The fraction of sp³-hybridized carbons (Fsp3) is 0. The van der Waals surface area contributed by atoms with Crippen molar-refractivity contribution < 1.29 is 0 Å². The Morgan fingerprint density at radius 2 is 1.03 bits per heavy atom. The zero-order chi connectivity index (χ0) is 22.5. The van der Waals surface area contributed by atoms with Crippen molar-refractivity contribution in [3.05, 3.63) is 116 Å². The van der Waals surface area contributed by atoms with Gasteiger partial charge in [-0.3, -0.25) is 4.98 Å². The first-order valence-corrected chi connectivity index (χ1v) is 11.3. The lowest BCUT2D eigenvalue weighted by molar-refractivity contribution is 1.17. The quantitative estimate of drug-likeness (QED) is 0.267. The molecule has 0 unspecified atom stereocenters. The third kappa shape index (κ3) is 2.87. The van der Waals surface area contributed by atoms with Gasteiger partial charge in [0, 0.05) is 30.4 Å². The summed E-state index contributed by atoms with van der Waals surface area (Å²) in [5.74, 6) is 0. The highest BCUT2D eigenvalue weighted by Gasteiger charge is 2.15. The second-order valence-electron chi connectivity index (χ2n) is 8.59. The molecule has 0 N–H and O–H groups in total. The molecule has 0 saturated heterocycles. The maximum atomic E-state index is 4.24. The summed E-state index contributed by atoms with van der Waals surface area (Å²) in [4.78, 5) is 12.6. The highest BCUT2D eigenvalue weighted by molar-refractivity contribution is 6.27. The van der Waals surface area contributed by atoms with Gasteiger partial charge >= 0.3 is 0 Å². The van der Waals surface area contributed by atoms with Gasteiger partial charge in [0.25, 0.3) is 0 Å². The smallest absolute Gasteiger partial charge is 0.115 e. The van der Waals surface area contributed by atoms with Gasteiger partial charge < -0.3 is 0 Å². The molecule has 2 heterocycles. The Balaban J connectivity index is 1.51. The van der Waals surface area contributed by atoms with Crippen LogP contribution in [0.1, 0.15) is 0 Å². The van der Waals surface area contributed by atoms with Gasteiger partial charge in [0.2, 0.25) is 0 Å². The molecule has 0 spiro atoms. The van der Waals surface area contributed by atoms with E-state index in [1.165, 1.54) is 54.6 Å².